The predicted molar refractivity (Wildman–Crippen MR) is 103 cm³/mol. The van der Waals surface area contributed by atoms with Crippen molar-refractivity contribution < 1.29 is 14.3 Å². The first-order chi connectivity index (χ1) is 12.0. The maximum absolute atomic E-state index is 12.5. The number of fused-ring (bicyclic) bond motifs is 1. The molecule has 0 spiro atoms. The third-order valence-corrected chi connectivity index (χ3v) is 5.84. The SMILES string of the molecule is CCCC[C@H](N[C@@H](C)C(=O)Sc1nc2ccccc2s1)C(=O)OCC. The summed E-state index contributed by atoms with van der Waals surface area (Å²) in [4.78, 5) is 29.0. The molecule has 5 nitrogen and oxygen atoms in total. The van der Waals surface area contributed by atoms with Crippen LogP contribution in [-0.2, 0) is 14.3 Å². The van der Waals surface area contributed by atoms with Crippen LogP contribution in [0.25, 0.3) is 10.2 Å². The number of unbranched alkanes of at least 4 members (excludes halogenated alkanes) is 1. The van der Waals surface area contributed by atoms with Gasteiger partial charge in [-0.1, -0.05) is 31.9 Å². The Morgan fingerprint density at radius 2 is 2.08 bits per heavy atom. The molecule has 1 N–H and O–H groups in total. The lowest BCUT2D eigenvalue weighted by molar-refractivity contribution is -0.146. The zero-order chi connectivity index (χ0) is 18.2. The van der Waals surface area contributed by atoms with E-state index in [1.165, 1.54) is 11.3 Å². The van der Waals surface area contributed by atoms with E-state index in [9.17, 15) is 9.59 Å². The summed E-state index contributed by atoms with van der Waals surface area (Å²) in [5.41, 5.74) is 0.899. The Kier molecular flexibility index (Phi) is 7.87. The van der Waals surface area contributed by atoms with Crippen molar-refractivity contribution in [2.75, 3.05) is 6.61 Å². The Hall–Kier alpha value is -1.44. The molecule has 0 aliphatic rings. The molecule has 1 aromatic carbocycles. The number of thiazole rings is 1. The van der Waals surface area contributed by atoms with Gasteiger partial charge in [0.2, 0.25) is 5.12 Å². The van der Waals surface area contributed by atoms with Gasteiger partial charge in [0.1, 0.15) is 6.04 Å². The van der Waals surface area contributed by atoms with Crippen LogP contribution in [0.5, 0.6) is 0 Å². The molecule has 0 saturated heterocycles. The van der Waals surface area contributed by atoms with Crippen LogP contribution in [-0.4, -0.2) is 34.8 Å². The monoisotopic (exact) mass is 380 g/mol. The number of carbonyl (C=O) groups excluding carboxylic acids is 2. The zero-order valence-electron chi connectivity index (χ0n) is 14.8. The zero-order valence-corrected chi connectivity index (χ0v) is 16.4. The molecule has 2 aromatic rings. The molecule has 0 unspecified atom stereocenters. The topological polar surface area (TPSA) is 68.3 Å². The first-order valence-electron chi connectivity index (χ1n) is 8.55. The van der Waals surface area contributed by atoms with Crippen molar-refractivity contribution >= 4 is 44.4 Å². The van der Waals surface area contributed by atoms with E-state index < -0.39 is 12.1 Å². The van der Waals surface area contributed by atoms with E-state index in [-0.39, 0.29) is 11.1 Å². The van der Waals surface area contributed by atoms with Crippen LogP contribution in [0.1, 0.15) is 40.0 Å². The maximum Gasteiger partial charge on any atom is 0.323 e. The van der Waals surface area contributed by atoms with Crippen LogP contribution in [0.4, 0.5) is 0 Å². The molecule has 2 rings (SSSR count). The van der Waals surface area contributed by atoms with E-state index in [1.54, 1.807) is 13.8 Å². The average Bonchev–Trinajstić information content (AvgIpc) is 3.00. The van der Waals surface area contributed by atoms with Crippen LogP contribution in [0, 0.1) is 0 Å². The van der Waals surface area contributed by atoms with Gasteiger partial charge in [-0.15, -0.1) is 11.3 Å². The highest BCUT2D eigenvalue weighted by atomic mass is 32.2. The van der Waals surface area contributed by atoms with Crippen molar-refractivity contribution in [3.8, 4) is 0 Å². The fourth-order valence-corrected chi connectivity index (χ4v) is 4.30. The number of hydrogen-bond acceptors (Lipinski definition) is 7. The van der Waals surface area contributed by atoms with E-state index in [4.69, 9.17) is 4.74 Å². The molecule has 0 amide bonds. The van der Waals surface area contributed by atoms with Gasteiger partial charge in [0, 0.05) is 0 Å². The number of esters is 1. The number of nitrogens with one attached hydrogen (secondary N) is 1. The summed E-state index contributed by atoms with van der Waals surface area (Å²) in [6, 6.07) is 6.91. The molecule has 1 aromatic heterocycles. The lowest BCUT2D eigenvalue weighted by Gasteiger charge is -2.20. The molecular weight excluding hydrogens is 356 g/mol. The largest absolute Gasteiger partial charge is 0.465 e. The summed E-state index contributed by atoms with van der Waals surface area (Å²) in [5.74, 6) is -0.291. The average molecular weight is 381 g/mol. The number of aromatic nitrogens is 1. The fraction of sp³-hybridized carbons (Fsp3) is 0.500. The van der Waals surface area contributed by atoms with Gasteiger partial charge in [0.25, 0.3) is 0 Å². The molecule has 25 heavy (non-hydrogen) atoms. The molecule has 1 heterocycles. The van der Waals surface area contributed by atoms with Gasteiger partial charge in [0.15, 0.2) is 4.34 Å². The van der Waals surface area contributed by atoms with Crippen LogP contribution in [0.3, 0.4) is 0 Å². The molecule has 0 saturated carbocycles. The molecule has 0 radical (unpaired) electrons. The van der Waals surface area contributed by atoms with E-state index in [1.807, 2.05) is 24.3 Å². The normalized spacial score (nSPS) is 13.6. The van der Waals surface area contributed by atoms with E-state index in [0.717, 1.165) is 39.2 Å². The second kappa shape index (κ2) is 9.89. The van der Waals surface area contributed by atoms with Crippen LogP contribution in [0.15, 0.2) is 28.6 Å². The molecule has 0 aliphatic carbocycles. The molecule has 0 bridgehead atoms. The fourth-order valence-electron chi connectivity index (χ4n) is 2.36. The van der Waals surface area contributed by atoms with Gasteiger partial charge in [0.05, 0.1) is 22.9 Å². The van der Waals surface area contributed by atoms with Gasteiger partial charge in [-0.05, 0) is 44.2 Å². The minimum atomic E-state index is -0.455. The van der Waals surface area contributed by atoms with E-state index in [2.05, 4.69) is 17.2 Å². The third-order valence-electron chi connectivity index (χ3n) is 3.68. The Morgan fingerprint density at radius 1 is 1.32 bits per heavy atom. The lowest BCUT2D eigenvalue weighted by atomic mass is 10.1. The number of para-hydroxylation sites is 1. The molecule has 0 aliphatic heterocycles. The van der Waals surface area contributed by atoms with Gasteiger partial charge in [-0.3, -0.25) is 14.9 Å². The first kappa shape index (κ1) is 19.9. The van der Waals surface area contributed by atoms with E-state index >= 15 is 0 Å². The summed E-state index contributed by atoms with van der Waals surface area (Å²) in [5, 5.41) is 3.07. The standard InChI is InChI=1S/C18H24N2O3S2/c1-4-6-9-14(16(21)23-5-2)19-12(3)17(22)25-18-20-13-10-7-8-11-15(13)24-18/h7-8,10-12,14,19H,4-6,9H2,1-3H3/t12-,14-/m0/s1. The first-order valence-corrected chi connectivity index (χ1v) is 10.2. The highest BCUT2D eigenvalue weighted by Gasteiger charge is 2.25. The van der Waals surface area contributed by atoms with Gasteiger partial charge in [-0.25, -0.2) is 4.98 Å². The number of rotatable bonds is 9. The van der Waals surface area contributed by atoms with E-state index in [0.29, 0.717) is 13.0 Å². The predicted octanol–water partition coefficient (Wildman–Crippen LogP) is 4.02. The summed E-state index contributed by atoms with van der Waals surface area (Å²) >= 11 is 2.62. The molecular formula is C18H24N2O3S2. The second-order valence-corrected chi connectivity index (χ2v) is 7.99. The highest BCUT2D eigenvalue weighted by Crippen LogP contribution is 2.30. The Balaban J connectivity index is 1.97. The van der Waals surface area contributed by atoms with Gasteiger partial charge in [-0.2, -0.15) is 0 Å². The Labute approximate surface area is 156 Å². The summed E-state index contributed by atoms with van der Waals surface area (Å²) in [7, 11) is 0. The van der Waals surface area contributed by atoms with Crippen molar-refractivity contribution in [3.63, 3.8) is 0 Å². The van der Waals surface area contributed by atoms with Crippen LogP contribution < -0.4 is 5.32 Å². The third kappa shape index (κ3) is 5.80. The van der Waals surface area contributed by atoms with Crippen LogP contribution in [0.2, 0.25) is 0 Å². The Morgan fingerprint density at radius 3 is 2.76 bits per heavy atom. The highest BCUT2D eigenvalue weighted by molar-refractivity contribution is 8.15. The number of ether oxygens (including phenoxy) is 1. The number of nitrogens with zero attached hydrogens (tertiary/aromatic N) is 1. The van der Waals surface area contributed by atoms with Crippen molar-refractivity contribution in [3.05, 3.63) is 24.3 Å². The molecule has 136 valence electrons. The minimum absolute atomic E-state index is 0.0511. The van der Waals surface area contributed by atoms with Crippen molar-refractivity contribution in [1.82, 2.24) is 10.3 Å². The van der Waals surface area contributed by atoms with Crippen molar-refractivity contribution in [2.24, 2.45) is 0 Å². The number of thioether (sulfide) groups is 1. The summed E-state index contributed by atoms with van der Waals surface area (Å²) in [6.45, 7) is 5.97. The molecule has 0 fully saturated rings. The number of hydrogen-bond donors (Lipinski definition) is 1. The quantitative estimate of drug-likeness (QED) is 0.523. The second-order valence-electron chi connectivity index (χ2n) is 5.70. The minimum Gasteiger partial charge on any atom is -0.465 e. The number of carbonyl (C=O) groups is 2. The van der Waals surface area contributed by atoms with Gasteiger partial charge < -0.3 is 4.74 Å². The Bertz CT molecular complexity index is 684. The van der Waals surface area contributed by atoms with Crippen molar-refractivity contribution in [2.45, 2.75) is 56.5 Å². The number of benzene rings is 1. The summed E-state index contributed by atoms with van der Waals surface area (Å²) < 4.78 is 6.89. The van der Waals surface area contributed by atoms with Crippen molar-refractivity contribution in [1.29, 1.82) is 0 Å². The maximum atomic E-state index is 12.5. The smallest absolute Gasteiger partial charge is 0.323 e. The van der Waals surface area contributed by atoms with Gasteiger partial charge >= 0.3 is 5.97 Å². The summed E-state index contributed by atoms with van der Waals surface area (Å²) in [6.07, 6.45) is 2.56. The van der Waals surface area contributed by atoms with Crippen LogP contribution >= 0.6 is 23.1 Å². The molecule has 2 atom stereocenters. The molecule has 7 heteroatoms. The lowest BCUT2D eigenvalue weighted by Crippen LogP contribution is -2.45.